The first-order chi connectivity index (χ1) is 30.6. The van der Waals surface area contributed by atoms with Gasteiger partial charge in [0.1, 0.15) is 25.5 Å². The topological polar surface area (TPSA) is 190 Å². The van der Waals surface area contributed by atoms with E-state index in [9.17, 15) is 24.0 Å². The molecule has 2 rings (SSSR count). The summed E-state index contributed by atoms with van der Waals surface area (Å²) in [5, 5.41) is 19.9. The first kappa shape index (κ1) is 67.0. The minimum atomic E-state index is -0.778. The molecule has 1 aromatic rings. The predicted molar refractivity (Wildman–Crippen MR) is 264 cm³/mol. The number of aryl methyl sites for hydroxylation is 1. The number of ketones is 1. The SMILES string of the molecule is CC(C)(C)CC(=O)CCCNC(=O)CC(C)(C)C.CC(C)(C)CCOCCOC(C)(C)C.CCN1CCN(CC(=O)O)CC1.CCc1ccc(CC(=O)O)cc1.COCOCCOCC=O. The summed E-state index contributed by atoms with van der Waals surface area (Å²) in [6, 6.07) is 7.68. The smallest absolute Gasteiger partial charge is 0.317 e. The molecule has 0 unspecified atom stereocenters. The van der Waals surface area contributed by atoms with E-state index in [-0.39, 0.29) is 54.5 Å². The fraction of sp³-hybridized carbons (Fsp3) is 0.784. The number of aliphatic carboxylic acids is 2. The van der Waals surface area contributed by atoms with E-state index in [2.05, 4.69) is 91.1 Å². The van der Waals surface area contributed by atoms with E-state index in [1.807, 2.05) is 49.9 Å². The molecule has 0 aromatic heterocycles. The summed E-state index contributed by atoms with van der Waals surface area (Å²) in [7, 11) is 1.55. The van der Waals surface area contributed by atoms with Crippen molar-refractivity contribution in [2.24, 2.45) is 16.2 Å². The molecule has 0 spiro atoms. The minimum absolute atomic E-state index is 0.0200. The Bertz CT molecular complexity index is 1340. The Kier molecular flexibility index (Phi) is 39.2. The van der Waals surface area contributed by atoms with Crippen molar-refractivity contribution in [2.45, 2.75) is 147 Å². The van der Waals surface area contributed by atoms with E-state index < -0.39 is 11.9 Å². The van der Waals surface area contributed by atoms with Crippen LogP contribution in [0.4, 0.5) is 0 Å². The average Bonchev–Trinajstić information content (AvgIpc) is 3.18. The van der Waals surface area contributed by atoms with E-state index in [4.69, 9.17) is 29.2 Å². The van der Waals surface area contributed by atoms with Crippen LogP contribution in [0.3, 0.4) is 0 Å². The van der Waals surface area contributed by atoms with Gasteiger partial charge >= 0.3 is 11.9 Å². The molecule has 386 valence electrons. The Morgan fingerprint density at radius 1 is 0.682 bits per heavy atom. The monoisotopic (exact) mass is 942 g/mol. The van der Waals surface area contributed by atoms with E-state index in [1.165, 1.54) is 5.56 Å². The fourth-order valence-electron chi connectivity index (χ4n) is 5.54. The third-order valence-corrected chi connectivity index (χ3v) is 8.95. The quantitative estimate of drug-likeness (QED) is 0.0514. The van der Waals surface area contributed by atoms with Crippen LogP contribution in [-0.2, 0) is 60.5 Å². The van der Waals surface area contributed by atoms with Gasteiger partial charge in [-0.2, -0.15) is 0 Å². The molecule has 0 radical (unpaired) electrons. The normalized spacial score (nSPS) is 13.3. The number of Topliss-reactive ketones (excluding diaryl/α,β-unsaturated/α-hetero) is 1. The number of amides is 1. The third kappa shape index (κ3) is 53.3. The number of hydrogen-bond donors (Lipinski definition) is 3. The van der Waals surface area contributed by atoms with E-state index >= 15 is 0 Å². The summed E-state index contributed by atoms with van der Waals surface area (Å²) < 4.78 is 25.3. The molecule has 1 fully saturated rings. The molecule has 1 amide bonds. The Hall–Kier alpha value is -3.31. The highest BCUT2D eigenvalue weighted by Gasteiger charge is 2.18. The van der Waals surface area contributed by atoms with Crippen molar-refractivity contribution >= 4 is 29.9 Å². The zero-order valence-electron chi connectivity index (χ0n) is 44.1. The van der Waals surface area contributed by atoms with Crippen molar-refractivity contribution in [1.82, 2.24) is 15.1 Å². The first-order valence-corrected chi connectivity index (χ1v) is 23.6. The number of carboxylic acids is 2. The molecule has 15 heteroatoms. The van der Waals surface area contributed by atoms with Gasteiger partial charge in [0.15, 0.2) is 0 Å². The maximum absolute atomic E-state index is 11.6. The van der Waals surface area contributed by atoms with Crippen LogP contribution in [-0.4, -0.2) is 155 Å². The molecule has 1 aliphatic rings. The van der Waals surface area contributed by atoms with Crippen LogP contribution in [0.5, 0.6) is 0 Å². The molecule has 1 aliphatic heterocycles. The maximum Gasteiger partial charge on any atom is 0.317 e. The lowest BCUT2D eigenvalue weighted by Crippen LogP contribution is -2.47. The van der Waals surface area contributed by atoms with Gasteiger partial charge in [-0.1, -0.05) is 100 Å². The average molecular weight is 942 g/mol. The summed E-state index contributed by atoms with van der Waals surface area (Å²) in [6.45, 7) is 38.5. The zero-order valence-corrected chi connectivity index (χ0v) is 44.1. The molecule has 0 atom stereocenters. The van der Waals surface area contributed by atoms with Crippen molar-refractivity contribution < 1.29 is 57.9 Å². The minimum Gasteiger partial charge on any atom is -0.481 e. The molecule has 1 aromatic carbocycles. The van der Waals surface area contributed by atoms with Gasteiger partial charge in [-0.3, -0.25) is 24.1 Å². The molecule has 3 N–H and O–H groups in total. The zero-order chi connectivity index (χ0) is 51.2. The van der Waals surface area contributed by atoms with Crippen molar-refractivity contribution in [3.05, 3.63) is 35.4 Å². The second-order valence-corrected chi connectivity index (χ2v) is 20.8. The molecule has 1 saturated heterocycles. The number of piperazine rings is 1. The molecule has 0 bridgehead atoms. The van der Waals surface area contributed by atoms with Gasteiger partial charge in [0.25, 0.3) is 0 Å². The molecular formula is C51H95N3O12. The number of likely N-dealkylation sites (N-methyl/N-ethyl adjacent to an activating group) is 1. The van der Waals surface area contributed by atoms with E-state index in [1.54, 1.807) is 7.11 Å². The predicted octanol–water partition coefficient (Wildman–Crippen LogP) is 7.99. The summed E-state index contributed by atoms with van der Waals surface area (Å²) in [5.41, 5.74) is 2.50. The van der Waals surface area contributed by atoms with Gasteiger partial charge < -0.3 is 48.9 Å². The summed E-state index contributed by atoms with van der Waals surface area (Å²) in [6.07, 6.45) is 5.36. The van der Waals surface area contributed by atoms with Crippen LogP contribution in [0.25, 0.3) is 0 Å². The number of aldehydes is 1. The van der Waals surface area contributed by atoms with Gasteiger partial charge in [0.2, 0.25) is 5.91 Å². The highest BCUT2D eigenvalue weighted by atomic mass is 16.7. The lowest BCUT2D eigenvalue weighted by Gasteiger charge is -2.32. The summed E-state index contributed by atoms with van der Waals surface area (Å²) in [5.74, 6) is -1.14. The number of benzene rings is 1. The third-order valence-electron chi connectivity index (χ3n) is 8.95. The molecular weight excluding hydrogens is 847 g/mol. The maximum atomic E-state index is 11.6. The number of rotatable bonds is 24. The Balaban J connectivity index is -0.000000762. The summed E-state index contributed by atoms with van der Waals surface area (Å²) >= 11 is 0. The van der Waals surface area contributed by atoms with Gasteiger partial charge in [0.05, 0.1) is 45.0 Å². The highest BCUT2D eigenvalue weighted by Crippen LogP contribution is 2.20. The van der Waals surface area contributed by atoms with Crippen molar-refractivity contribution in [3.8, 4) is 0 Å². The van der Waals surface area contributed by atoms with Crippen LogP contribution < -0.4 is 5.32 Å². The second-order valence-electron chi connectivity index (χ2n) is 20.8. The molecule has 0 aliphatic carbocycles. The van der Waals surface area contributed by atoms with E-state index in [0.29, 0.717) is 63.9 Å². The molecule has 0 saturated carbocycles. The Morgan fingerprint density at radius 3 is 1.67 bits per heavy atom. The van der Waals surface area contributed by atoms with Crippen LogP contribution >= 0.6 is 0 Å². The first-order valence-electron chi connectivity index (χ1n) is 23.6. The number of nitrogens with one attached hydrogen (secondary N) is 1. The number of carbonyl (C=O) groups is 5. The molecule has 66 heavy (non-hydrogen) atoms. The highest BCUT2D eigenvalue weighted by molar-refractivity contribution is 5.79. The standard InChI is InChI=1S/C15H29NO2.C12H26O2.C10H12O2.C8H16N2O2.C6H12O4/c1-14(2,3)10-12(17)8-7-9-16-13(18)11-15(4,5)6;1-11(2,3)7-8-13-9-10-14-12(4,5)6;1-2-8-3-5-9(6-4-8)7-10(11)12;1-2-9-3-5-10(6-4-9)7-8(11)12;1-8-6-10-5-4-9-3-2-7/h7-11H2,1-6H3,(H,16,18);7-10H2,1-6H3;3-6H,2,7H2,1H3,(H,11,12);2-7H2,1H3,(H,11,12);2H,3-6H2,1H3. The largest absolute Gasteiger partial charge is 0.481 e. The van der Waals surface area contributed by atoms with Crippen LogP contribution in [0.2, 0.25) is 0 Å². The number of hydrogen-bond acceptors (Lipinski definition) is 12. The fourth-order valence-corrected chi connectivity index (χ4v) is 5.54. The number of carbonyl (C=O) groups excluding carboxylic acids is 3. The Morgan fingerprint density at radius 2 is 1.21 bits per heavy atom. The van der Waals surface area contributed by atoms with Gasteiger partial charge in [-0.15, -0.1) is 0 Å². The van der Waals surface area contributed by atoms with Gasteiger partial charge in [-0.05, 0) is 74.0 Å². The molecule has 1 heterocycles. The van der Waals surface area contributed by atoms with Crippen molar-refractivity contribution in [2.75, 3.05) is 99.4 Å². The number of nitrogens with zero attached hydrogens (tertiary/aromatic N) is 2. The Labute approximate surface area is 400 Å². The lowest BCUT2D eigenvalue weighted by molar-refractivity contribution is -0.139. The second kappa shape index (κ2) is 38.6. The van der Waals surface area contributed by atoms with Crippen molar-refractivity contribution in [3.63, 3.8) is 0 Å². The van der Waals surface area contributed by atoms with Crippen LogP contribution in [0.1, 0.15) is 140 Å². The van der Waals surface area contributed by atoms with Crippen LogP contribution in [0, 0.1) is 16.2 Å². The van der Waals surface area contributed by atoms with Crippen molar-refractivity contribution in [1.29, 1.82) is 0 Å². The number of methoxy groups -OCH3 is 1. The van der Waals surface area contributed by atoms with Crippen LogP contribution in [0.15, 0.2) is 24.3 Å². The summed E-state index contributed by atoms with van der Waals surface area (Å²) in [4.78, 5) is 57.9. The van der Waals surface area contributed by atoms with E-state index in [0.717, 1.165) is 64.2 Å². The number of ether oxygens (including phenoxy) is 5. The molecule has 15 nitrogen and oxygen atoms in total. The number of carboxylic acid groups (broad SMARTS) is 2. The van der Waals surface area contributed by atoms with Gasteiger partial charge in [-0.25, -0.2) is 0 Å². The lowest BCUT2D eigenvalue weighted by atomic mass is 9.89. The van der Waals surface area contributed by atoms with Gasteiger partial charge in [0, 0.05) is 65.7 Å².